The zero-order valence-corrected chi connectivity index (χ0v) is 12.0. The number of aromatic nitrogens is 2. The molecule has 0 fully saturated rings. The largest absolute Gasteiger partial charge is 0.389 e. The first-order valence-corrected chi connectivity index (χ1v) is 6.34. The Kier molecular flexibility index (Phi) is 3.76. The molecule has 2 aromatic rings. The molecule has 2 N–H and O–H groups in total. The van der Waals surface area contributed by atoms with Crippen molar-refractivity contribution in [2.45, 2.75) is 13.8 Å². The molecule has 1 aromatic heterocycles. The van der Waals surface area contributed by atoms with Crippen LogP contribution in [0.3, 0.4) is 0 Å². The molecular weight excluding hydrogens is 256 g/mol. The van der Waals surface area contributed by atoms with Crippen LogP contribution in [0, 0.1) is 13.8 Å². The molecule has 1 aromatic carbocycles. The zero-order valence-electron chi connectivity index (χ0n) is 11.2. The predicted octanol–water partition coefficient (Wildman–Crippen LogP) is 2.50. The highest BCUT2D eigenvalue weighted by Gasteiger charge is 2.07. The number of nitrogens with two attached hydrogens (primary N) is 1. The van der Waals surface area contributed by atoms with E-state index >= 15 is 0 Å². The fourth-order valence-electron chi connectivity index (χ4n) is 1.85. The summed E-state index contributed by atoms with van der Waals surface area (Å²) in [5, 5.41) is 0. The van der Waals surface area contributed by atoms with Crippen LogP contribution >= 0.6 is 12.2 Å². The van der Waals surface area contributed by atoms with Gasteiger partial charge in [-0.3, -0.25) is 0 Å². The Bertz CT molecular complexity index is 587. The van der Waals surface area contributed by atoms with Crippen LogP contribution in [-0.2, 0) is 0 Å². The lowest BCUT2D eigenvalue weighted by Crippen LogP contribution is -2.14. The van der Waals surface area contributed by atoms with Gasteiger partial charge in [-0.2, -0.15) is 0 Å². The van der Waals surface area contributed by atoms with Gasteiger partial charge in [0.1, 0.15) is 16.6 Å². The van der Waals surface area contributed by atoms with Crippen LogP contribution in [0.15, 0.2) is 30.3 Å². The van der Waals surface area contributed by atoms with Gasteiger partial charge < -0.3 is 10.6 Å². The van der Waals surface area contributed by atoms with Gasteiger partial charge in [0.15, 0.2) is 0 Å². The summed E-state index contributed by atoms with van der Waals surface area (Å²) in [6, 6.07) is 9.72. The van der Waals surface area contributed by atoms with E-state index in [0.717, 1.165) is 28.6 Å². The van der Waals surface area contributed by atoms with Gasteiger partial charge in [-0.25, -0.2) is 9.97 Å². The summed E-state index contributed by atoms with van der Waals surface area (Å²) < 4.78 is 0. The van der Waals surface area contributed by atoms with Gasteiger partial charge in [0.05, 0.1) is 0 Å². The zero-order chi connectivity index (χ0) is 14.0. The molecule has 0 aliphatic heterocycles. The molecule has 2 rings (SSSR count). The quantitative estimate of drug-likeness (QED) is 0.870. The molecule has 0 atom stereocenters. The second-order valence-corrected chi connectivity index (χ2v) is 4.82. The Morgan fingerprint density at radius 1 is 1.16 bits per heavy atom. The molecule has 19 heavy (non-hydrogen) atoms. The highest BCUT2D eigenvalue weighted by atomic mass is 32.1. The van der Waals surface area contributed by atoms with Crippen LogP contribution < -0.4 is 10.6 Å². The normalized spacial score (nSPS) is 10.3. The SMILES string of the molecule is Cc1cc(N(C)c2ccc(C(N)=S)cc2)nc(C)n1. The summed E-state index contributed by atoms with van der Waals surface area (Å²) in [6.07, 6.45) is 0. The number of hydrogen-bond donors (Lipinski definition) is 1. The Labute approximate surface area is 118 Å². The first-order valence-electron chi connectivity index (χ1n) is 5.93. The topological polar surface area (TPSA) is 55.0 Å². The van der Waals surface area contributed by atoms with Crippen molar-refractivity contribution in [2.24, 2.45) is 5.73 Å². The minimum atomic E-state index is 0.405. The third kappa shape index (κ3) is 3.06. The first-order chi connectivity index (χ1) is 8.97. The fraction of sp³-hybridized carbons (Fsp3) is 0.214. The van der Waals surface area contributed by atoms with E-state index in [2.05, 4.69) is 9.97 Å². The number of rotatable bonds is 3. The smallest absolute Gasteiger partial charge is 0.136 e. The second kappa shape index (κ2) is 5.32. The number of anilines is 2. The highest BCUT2D eigenvalue weighted by Crippen LogP contribution is 2.22. The van der Waals surface area contributed by atoms with E-state index in [4.69, 9.17) is 18.0 Å². The number of nitrogens with zero attached hydrogens (tertiary/aromatic N) is 3. The van der Waals surface area contributed by atoms with Gasteiger partial charge >= 0.3 is 0 Å². The standard InChI is InChI=1S/C14H16N4S/c1-9-8-13(17-10(2)16-9)18(3)12-6-4-11(5-7-12)14(15)19/h4-8H,1-3H3,(H2,15,19). The van der Waals surface area contributed by atoms with Gasteiger partial charge in [0.2, 0.25) is 0 Å². The summed E-state index contributed by atoms with van der Waals surface area (Å²) in [4.78, 5) is 11.1. The molecule has 0 aliphatic rings. The Hall–Kier alpha value is -2.01. The van der Waals surface area contributed by atoms with Crippen LogP contribution in [0.1, 0.15) is 17.1 Å². The second-order valence-electron chi connectivity index (χ2n) is 4.38. The average Bonchev–Trinajstić information content (AvgIpc) is 2.37. The molecule has 0 bridgehead atoms. The van der Waals surface area contributed by atoms with Crippen molar-refractivity contribution in [2.75, 3.05) is 11.9 Å². The first kappa shape index (κ1) is 13.4. The average molecular weight is 272 g/mol. The van der Waals surface area contributed by atoms with Gasteiger partial charge in [-0.15, -0.1) is 0 Å². The number of benzene rings is 1. The Morgan fingerprint density at radius 2 is 1.79 bits per heavy atom. The molecule has 0 aliphatic carbocycles. The van der Waals surface area contributed by atoms with Crippen molar-refractivity contribution in [1.29, 1.82) is 0 Å². The van der Waals surface area contributed by atoms with Crippen LogP contribution in [0.2, 0.25) is 0 Å². The van der Waals surface area contributed by atoms with E-state index in [-0.39, 0.29) is 0 Å². The van der Waals surface area contributed by atoms with E-state index in [0.29, 0.717) is 4.99 Å². The maximum Gasteiger partial charge on any atom is 0.136 e. The maximum atomic E-state index is 5.59. The van der Waals surface area contributed by atoms with E-state index < -0.39 is 0 Å². The van der Waals surface area contributed by atoms with Gasteiger partial charge in [-0.1, -0.05) is 12.2 Å². The predicted molar refractivity (Wildman–Crippen MR) is 81.9 cm³/mol. The van der Waals surface area contributed by atoms with E-state index in [1.807, 2.05) is 56.1 Å². The molecule has 1 heterocycles. The summed E-state index contributed by atoms with van der Waals surface area (Å²) >= 11 is 4.94. The van der Waals surface area contributed by atoms with Crippen molar-refractivity contribution in [3.8, 4) is 0 Å². The van der Waals surface area contributed by atoms with Crippen LogP contribution in [-0.4, -0.2) is 22.0 Å². The van der Waals surface area contributed by atoms with Gasteiger partial charge in [0.25, 0.3) is 0 Å². The molecule has 0 spiro atoms. The molecule has 0 amide bonds. The van der Waals surface area contributed by atoms with Gasteiger partial charge in [0, 0.05) is 30.1 Å². The van der Waals surface area contributed by atoms with Crippen molar-refractivity contribution >= 4 is 28.7 Å². The molecule has 0 saturated carbocycles. The Morgan fingerprint density at radius 3 is 2.32 bits per heavy atom. The highest BCUT2D eigenvalue weighted by molar-refractivity contribution is 7.80. The Balaban J connectivity index is 2.32. The van der Waals surface area contributed by atoms with Crippen molar-refractivity contribution in [1.82, 2.24) is 9.97 Å². The molecule has 0 unspecified atom stereocenters. The molecule has 98 valence electrons. The molecule has 0 radical (unpaired) electrons. The summed E-state index contributed by atoms with van der Waals surface area (Å²) in [5.74, 6) is 1.63. The minimum Gasteiger partial charge on any atom is -0.389 e. The third-order valence-electron chi connectivity index (χ3n) is 2.84. The van der Waals surface area contributed by atoms with E-state index in [1.54, 1.807) is 0 Å². The number of thiocarbonyl (C=S) groups is 1. The lowest BCUT2D eigenvalue weighted by molar-refractivity contribution is 0.982. The summed E-state index contributed by atoms with van der Waals surface area (Å²) in [5.41, 5.74) is 8.43. The van der Waals surface area contributed by atoms with Crippen LogP contribution in [0.25, 0.3) is 0 Å². The maximum absolute atomic E-state index is 5.59. The monoisotopic (exact) mass is 272 g/mol. The van der Waals surface area contributed by atoms with Crippen LogP contribution in [0.5, 0.6) is 0 Å². The van der Waals surface area contributed by atoms with Crippen molar-refractivity contribution < 1.29 is 0 Å². The van der Waals surface area contributed by atoms with Crippen molar-refractivity contribution in [3.63, 3.8) is 0 Å². The van der Waals surface area contributed by atoms with Crippen molar-refractivity contribution in [3.05, 3.63) is 47.4 Å². The molecule has 4 nitrogen and oxygen atoms in total. The number of hydrogen-bond acceptors (Lipinski definition) is 4. The number of aryl methyl sites for hydroxylation is 2. The van der Waals surface area contributed by atoms with Crippen LogP contribution in [0.4, 0.5) is 11.5 Å². The third-order valence-corrected chi connectivity index (χ3v) is 3.07. The molecule has 0 saturated heterocycles. The lowest BCUT2D eigenvalue weighted by Gasteiger charge is -2.19. The minimum absolute atomic E-state index is 0.405. The summed E-state index contributed by atoms with van der Waals surface area (Å²) in [7, 11) is 1.97. The van der Waals surface area contributed by atoms with E-state index in [9.17, 15) is 0 Å². The van der Waals surface area contributed by atoms with Gasteiger partial charge in [-0.05, 0) is 38.1 Å². The van der Waals surface area contributed by atoms with E-state index in [1.165, 1.54) is 0 Å². The fourth-order valence-corrected chi connectivity index (χ4v) is 1.99. The lowest BCUT2D eigenvalue weighted by atomic mass is 10.2. The summed E-state index contributed by atoms with van der Waals surface area (Å²) in [6.45, 7) is 3.85. The molecule has 5 heteroatoms. The molecular formula is C14H16N4S.